The zero-order valence-electron chi connectivity index (χ0n) is 12.0. The summed E-state index contributed by atoms with van der Waals surface area (Å²) in [7, 11) is 0. The minimum atomic E-state index is -0.309. The number of nitrogens with one attached hydrogen (secondary N) is 2. The molecule has 1 heterocycles. The lowest BCUT2D eigenvalue weighted by Gasteiger charge is -2.22. The predicted octanol–water partition coefficient (Wildman–Crippen LogP) is 2.53. The molecule has 0 aromatic heterocycles. The molecule has 3 N–H and O–H groups in total. The lowest BCUT2D eigenvalue weighted by atomic mass is 9.98. The molecular formula is C15H21N3O3. The standard InChI is InChI=1S/C15H21N3O3/c19-9-7-10-2-1-3-12(10)17-15-11-6-8-16-13(11)4-5-14(15)18(20)21/h4-5,10,12,16-17,19H,1-3,6-9H2/t10-,12-/m0/s1. The molecule has 1 aliphatic heterocycles. The largest absolute Gasteiger partial charge is 0.396 e. The van der Waals surface area contributed by atoms with Gasteiger partial charge in [-0.05, 0) is 37.7 Å². The highest BCUT2D eigenvalue weighted by Gasteiger charge is 2.31. The van der Waals surface area contributed by atoms with Crippen molar-refractivity contribution in [2.24, 2.45) is 5.92 Å². The quantitative estimate of drug-likeness (QED) is 0.573. The molecule has 1 saturated carbocycles. The van der Waals surface area contributed by atoms with E-state index in [-0.39, 0.29) is 23.3 Å². The first-order valence-electron chi connectivity index (χ1n) is 7.62. The lowest BCUT2D eigenvalue weighted by molar-refractivity contribution is -0.384. The van der Waals surface area contributed by atoms with Gasteiger partial charge in [-0.15, -0.1) is 0 Å². The van der Waals surface area contributed by atoms with Gasteiger partial charge in [0.2, 0.25) is 0 Å². The summed E-state index contributed by atoms with van der Waals surface area (Å²) in [4.78, 5) is 11.0. The van der Waals surface area contributed by atoms with E-state index in [0.29, 0.717) is 11.6 Å². The average Bonchev–Trinajstić information content (AvgIpc) is 3.08. The summed E-state index contributed by atoms with van der Waals surface area (Å²) in [5.74, 6) is 0.403. The van der Waals surface area contributed by atoms with E-state index in [1.165, 1.54) is 0 Å². The Morgan fingerprint density at radius 2 is 2.29 bits per heavy atom. The molecule has 1 aliphatic carbocycles. The minimum absolute atomic E-state index is 0.159. The number of hydrogen-bond acceptors (Lipinski definition) is 5. The first-order valence-corrected chi connectivity index (χ1v) is 7.62. The monoisotopic (exact) mass is 291 g/mol. The van der Waals surface area contributed by atoms with E-state index in [0.717, 1.165) is 49.9 Å². The SMILES string of the molecule is O=[N+]([O-])c1ccc2c(c1N[C@H]1CCC[C@H]1CCO)CCN2. The molecule has 1 aromatic carbocycles. The van der Waals surface area contributed by atoms with Crippen molar-refractivity contribution in [2.45, 2.75) is 38.1 Å². The Balaban J connectivity index is 1.90. The summed E-state index contributed by atoms with van der Waals surface area (Å²) in [6, 6.07) is 3.60. The molecule has 0 spiro atoms. The Kier molecular flexibility index (Phi) is 3.96. The molecule has 0 amide bonds. The van der Waals surface area contributed by atoms with Crippen molar-refractivity contribution in [3.05, 3.63) is 27.8 Å². The maximum absolute atomic E-state index is 11.3. The van der Waals surface area contributed by atoms with E-state index < -0.39 is 0 Å². The maximum Gasteiger partial charge on any atom is 0.292 e. The van der Waals surface area contributed by atoms with Crippen LogP contribution in [0.15, 0.2) is 12.1 Å². The number of nitrogens with zero attached hydrogens (tertiary/aromatic N) is 1. The number of hydrogen-bond donors (Lipinski definition) is 3. The van der Waals surface area contributed by atoms with Crippen molar-refractivity contribution >= 4 is 17.1 Å². The van der Waals surface area contributed by atoms with Crippen LogP contribution >= 0.6 is 0 Å². The molecule has 0 unspecified atom stereocenters. The predicted molar refractivity (Wildman–Crippen MR) is 81.7 cm³/mol. The fourth-order valence-corrected chi connectivity index (χ4v) is 3.62. The molecule has 0 bridgehead atoms. The van der Waals surface area contributed by atoms with Crippen molar-refractivity contribution in [3.63, 3.8) is 0 Å². The van der Waals surface area contributed by atoms with Crippen LogP contribution in [0, 0.1) is 16.0 Å². The Hall–Kier alpha value is -1.82. The summed E-state index contributed by atoms with van der Waals surface area (Å²) in [5, 5.41) is 27.2. The number of nitro groups is 1. The second-order valence-corrected chi connectivity index (χ2v) is 5.87. The zero-order chi connectivity index (χ0) is 14.8. The van der Waals surface area contributed by atoms with Gasteiger partial charge in [0.1, 0.15) is 5.69 Å². The highest BCUT2D eigenvalue weighted by Crippen LogP contribution is 2.40. The lowest BCUT2D eigenvalue weighted by Crippen LogP contribution is -2.25. The van der Waals surface area contributed by atoms with Gasteiger partial charge in [0, 0.05) is 36.5 Å². The van der Waals surface area contributed by atoms with Crippen LogP contribution in [-0.4, -0.2) is 29.2 Å². The number of aliphatic hydroxyl groups excluding tert-OH is 1. The van der Waals surface area contributed by atoms with Gasteiger partial charge in [-0.1, -0.05) is 6.42 Å². The maximum atomic E-state index is 11.3. The highest BCUT2D eigenvalue weighted by atomic mass is 16.6. The summed E-state index contributed by atoms with van der Waals surface area (Å²) < 4.78 is 0. The van der Waals surface area contributed by atoms with Gasteiger partial charge in [-0.3, -0.25) is 10.1 Å². The fourth-order valence-electron chi connectivity index (χ4n) is 3.62. The number of anilines is 2. The van der Waals surface area contributed by atoms with Crippen molar-refractivity contribution < 1.29 is 10.0 Å². The van der Waals surface area contributed by atoms with Crippen molar-refractivity contribution in [2.75, 3.05) is 23.8 Å². The smallest absolute Gasteiger partial charge is 0.292 e. The Morgan fingerprint density at radius 1 is 1.43 bits per heavy atom. The van der Waals surface area contributed by atoms with Crippen molar-refractivity contribution in [1.82, 2.24) is 0 Å². The third kappa shape index (κ3) is 2.68. The van der Waals surface area contributed by atoms with Crippen LogP contribution in [0.3, 0.4) is 0 Å². The molecule has 0 saturated heterocycles. The van der Waals surface area contributed by atoms with Gasteiger partial charge in [0.25, 0.3) is 5.69 Å². The van der Waals surface area contributed by atoms with Crippen LogP contribution in [0.4, 0.5) is 17.1 Å². The van der Waals surface area contributed by atoms with E-state index in [4.69, 9.17) is 5.11 Å². The normalized spacial score (nSPS) is 23.7. The Morgan fingerprint density at radius 3 is 3.05 bits per heavy atom. The number of benzene rings is 1. The van der Waals surface area contributed by atoms with Gasteiger partial charge in [0.15, 0.2) is 0 Å². The van der Waals surface area contributed by atoms with E-state index in [2.05, 4.69) is 10.6 Å². The Bertz CT molecular complexity index is 547. The molecule has 2 aliphatic rings. The van der Waals surface area contributed by atoms with Crippen LogP contribution < -0.4 is 10.6 Å². The molecule has 2 atom stereocenters. The summed E-state index contributed by atoms with van der Waals surface area (Å²) >= 11 is 0. The number of nitro benzene ring substituents is 1. The topological polar surface area (TPSA) is 87.4 Å². The first-order chi connectivity index (χ1) is 10.2. The van der Waals surface area contributed by atoms with Gasteiger partial charge in [-0.2, -0.15) is 0 Å². The molecule has 114 valence electrons. The van der Waals surface area contributed by atoms with Crippen molar-refractivity contribution in [1.29, 1.82) is 0 Å². The molecule has 1 fully saturated rings. The molecule has 1 aromatic rings. The third-order valence-electron chi connectivity index (χ3n) is 4.67. The van der Waals surface area contributed by atoms with Gasteiger partial charge < -0.3 is 15.7 Å². The molecule has 3 rings (SSSR count). The van der Waals surface area contributed by atoms with Gasteiger partial charge >= 0.3 is 0 Å². The van der Waals surface area contributed by atoms with E-state index >= 15 is 0 Å². The van der Waals surface area contributed by atoms with E-state index in [1.54, 1.807) is 12.1 Å². The molecule has 21 heavy (non-hydrogen) atoms. The number of aliphatic hydroxyl groups is 1. The number of fused-ring (bicyclic) bond motifs is 1. The van der Waals surface area contributed by atoms with Crippen LogP contribution in [-0.2, 0) is 6.42 Å². The fraction of sp³-hybridized carbons (Fsp3) is 0.600. The van der Waals surface area contributed by atoms with Crippen LogP contribution in [0.2, 0.25) is 0 Å². The van der Waals surface area contributed by atoms with E-state index in [9.17, 15) is 10.1 Å². The summed E-state index contributed by atoms with van der Waals surface area (Å²) in [6.07, 6.45) is 4.79. The summed E-state index contributed by atoms with van der Waals surface area (Å²) in [5.41, 5.74) is 2.86. The summed E-state index contributed by atoms with van der Waals surface area (Å²) in [6.45, 7) is 1.01. The van der Waals surface area contributed by atoms with Crippen molar-refractivity contribution in [3.8, 4) is 0 Å². The van der Waals surface area contributed by atoms with Gasteiger partial charge in [-0.25, -0.2) is 0 Å². The van der Waals surface area contributed by atoms with E-state index in [1.807, 2.05) is 0 Å². The second-order valence-electron chi connectivity index (χ2n) is 5.87. The molecule has 6 heteroatoms. The van der Waals surface area contributed by atoms with Crippen LogP contribution in [0.1, 0.15) is 31.2 Å². The second kappa shape index (κ2) is 5.89. The number of rotatable bonds is 5. The zero-order valence-corrected chi connectivity index (χ0v) is 12.0. The minimum Gasteiger partial charge on any atom is -0.396 e. The molecular weight excluding hydrogens is 270 g/mol. The molecule has 6 nitrogen and oxygen atoms in total. The van der Waals surface area contributed by atoms with Crippen LogP contribution in [0.5, 0.6) is 0 Å². The highest BCUT2D eigenvalue weighted by molar-refractivity contribution is 5.77. The third-order valence-corrected chi connectivity index (χ3v) is 4.67. The van der Waals surface area contributed by atoms with Gasteiger partial charge in [0.05, 0.1) is 4.92 Å². The Labute approximate surface area is 123 Å². The average molecular weight is 291 g/mol. The first kappa shape index (κ1) is 14.1. The molecule has 0 radical (unpaired) electrons. The van der Waals surface area contributed by atoms with Crippen LogP contribution in [0.25, 0.3) is 0 Å².